The van der Waals surface area contributed by atoms with E-state index >= 15 is 0 Å². The van der Waals surface area contributed by atoms with Gasteiger partial charge >= 0.3 is 0 Å². The van der Waals surface area contributed by atoms with Crippen LogP contribution in [0.4, 0.5) is 5.69 Å². The van der Waals surface area contributed by atoms with Gasteiger partial charge in [-0.15, -0.1) is 0 Å². The van der Waals surface area contributed by atoms with Crippen molar-refractivity contribution in [2.75, 3.05) is 32.1 Å². The van der Waals surface area contributed by atoms with Crippen LogP contribution in [0.15, 0.2) is 47.6 Å². The topological polar surface area (TPSA) is 104 Å². The van der Waals surface area contributed by atoms with E-state index in [0.717, 1.165) is 48.5 Å². The van der Waals surface area contributed by atoms with Crippen LogP contribution in [0, 0.1) is 0 Å². The first-order chi connectivity index (χ1) is 18.3. The molecule has 0 aromatic heterocycles. The number of aliphatic hydroxyl groups excluding tert-OH is 1. The van der Waals surface area contributed by atoms with Gasteiger partial charge in [0.05, 0.1) is 31.6 Å². The fourth-order valence-electron chi connectivity index (χ4n) is 4.63. The molecule has 4 rings (SSSR count). The molecule has 0 atom stereocenters. The van der Waals surface area contributed by atoms with Crippen molar-refractivity contribution in [2.24, 2.45) is 5.10 Å². The molecule has 2 N–H and O–H groups in total. The average Bonchev–Trinajstić information content (AvgIpc) is 2.90. The normalized spacial score (nSPS) is 16.9. The highest BCUT2D eigenvalue weighted by atomic mass is 16.5. The molecule has 9 nitrogen and oxygen atoms in total. The molecule has 0 bridgehead atoms. The summed E-state index contributed by atoms with van der Waals surface area (Å²) >= 11 is 0. The highest BCUT2D eigenvalue weighted by molar-refractivity contribution is 6.04. The molecule has 2 aliphatic rings. The monoisotopic (exact) mass is 522 g/mol. The van der Waals surface area contributed by atoms with Crippen molar-refractivity contribution in [3.05, 3.63) is 53.6 Å². The fourth-order valence-corrected chi connectivity index (χ4v) is 4.63. The Bertz CT molecular complexity index is 1140. The molecule has 204 valence electrons. The maximum absolute atomic E-state index is 12.6. The molecule has 1 saturated heterocycles. The number of likely N-dealkylation sites (tertiary alicyclic amines) is 1. The molecular weight excluding hydrogens is 484 g/mol. The zero-order valence-electron chi connectivity index (χ0n) is 22.5. The summed E-state index contributed by atoms with van der Waals surface area (Å²) in [5.74, 6) is 1.25. The maximum atomic E-state index is 12.6. The zero-order valence-corrected chi connectivity index (χ0v) is 22.5. The van der Waals surface area contributed by atoms with Gasteiger partial charge in [0.25, 0.3) is 0 Å². The minimum absolute atomic E-state index is 0.00272. The third-order valence-corrected chi connectivity index (χ3v) is 6.75. The van der Waals surface area contributed by atoms with Crippen LogP contribution in [-0.2, 0) is 16.1 Å². The molecule has 0 aliphatic carbocycles. The largest absolute Gasteiger partial charge is 0.493 e. The number of methoxy groups -OCH3 is 1. The number of nitrogens with zero attached hydrogens (tertiary/aromatic N) is 3. The van der Waals surface area contributed by atoms with Crippen LogP contribution < -0.4 is 14.8 Å². The van der Waals surface area contributed by atoms with Crippen molar-refractivity contribution in [3.63, 3.8) is 0 Å². The molecule has 2 amide bonds. The lowest BCUT2D eigenvalue weighted by Gasteiger charge is -2.29. The second-order valence-electron chi connectivity index (χ2n) is 10.1. The van der Waals surface area contributed by atoms with Gasteiger partial charge in [0.1, 0.15) is 0 Å². The lowest BCUT2D eigenvalue weighted by molar-refractivity contribution is -0.132. The third kappa shape index (κ3) is 7.55. The van der Waals surface area contributed by atoms with Gasteiger partial charge in [-0.05, 0) is 62.6 Å². The summed E-state index contributed by atoms with van der Waals surface area (Å²) in [7, 11) is 1.61. The van der Waals surface area contributed by atoms with Gasteiger partial charge in [0, 0.05) is 50.1 Å². The Hall–Kier alpha value is -3.43. The Morgan fingerprint density at radius 2 is 1.84 bits per heavy atom. The van der Waals surface area contributed by atoms with Gasteiger partial charge < -0.3 is 24.8 Å². The smallest absolute Gasteiger partial charge is 0.243 e. The van der Waals surface area contributed by atoms with E-state index in [1.54, 1.807) is 7.11 Å². The van der Waals surface area contributed by atoms with Crippen LogP contribution in [0.3, 0.4) is 0 Å². The van der Waals surface area contributed by atoms with Crippen LogP contribution in [0.25, 0.3) is 0 Å². The van der Waals surface area contributed by atoms with Crippen molar-refractivity contribution >= 4 is 23.2 Å². The minimum atomic E-state index is -0.212. The Balaban J connectivity index is 1.35. The number of anilines is 1. The van der Waals surface area contributed by atoms with E-state index in [4.69, 9.17) is 9.47 Å². The van der Waals surface area contributed by atoms with Crippen molar-refractivity contribution in [1.82, 2.24) is 9.91 Å². The number of rotatable bonds is 10. The number of hydrogen-bond donors (Lipinski definition) is 2. The summed E-state index contributed by atoms with van der Waals surface area (Å²) in [6, 6.07) is 13.2. The molecule has 38 heavy (non-hydrogen) atoms. The SMILES string of the molecule is COc1ccc(C2=NN(Cc3ccc(NC(=O)CCN4CCC(O)CC4)cc3)C(=O)CC2)cc1OC(C)C. The first-order valence-corrected chi connectivity index (χ1v) is 13.3. The number of benzene rings is 2. The number of nitrogens with one attached hydrogen (secondary N) is 1. The molecule has 0 saturated carbocycles. The van der Waals surface area contributed by atoms with E-state index in [9.17, 15) is 14.7 Å². The van der Waals surface area contributed by atoms with Crippen molar-refractivity contribution in [3.8, 4) is 11.5 Å². The first-order valence-electron chi connectivity index (χ1n) is 13.3. The molecule has 0 spiro atoms. The Kier molecular flexibility index (Phi) is 9.36. The molecule has 0 unspecified atom stereocenters. The molecule has 2 aromatic rings. The Morgan fingerprint density at radius 3 is 2.53 bits per heavy atom. The van der Waals surface area contributed by atoms with E-state index in [1.807, 2.05) is 56.3 Å². The number of amides is 2. The number of hydrogen-bond acceptors (Lipinski definition) is 7. The highest BCUT2D eigenvalue weighted by Gasteiger charge is 2.23. The number of carbonyl (C=O) groups is 2. The summed E-state index contributed by atoms with van der Waals surface area (Å²) < 4.78 is 11.3. The lowest BCUT2D eigenvalue weighted by atomic mass is 10.0. The van der Waals surface area contributed by atoms with Gasteiger partial charge in [-0.1, -0.05) is 12.1 Å². The summed E-state index contributed by atoms with van der Waals surface area (Å²) in [6.07, 6.45) is 2.68. The van der Waals surface area contributed by atoms with Crippen molar-refractivity contribution < 1.29 is 24.2 Å². The Morgan fingerprint density at radius 1 is 1.11 bits per heavy atom. The Labute approximate surface area is 224 Å². The van der Waals surface area contributed by atoms with Crippen LogP contribution in [0.2, 0.25) is 0 Å². The van der Waals surface area contributed by atoms with E-state index in [-0.39, 0.29) is 24.0 Å². The minimum Gasteiger partial charge on any atom is -0.493 e. The number of aliphatic hydroxyl groups is 1. The molecule has 9 heteroatoms. The number of hydrazone groups is 1. The van der Waals surface area contributed by atoms with Crippen LogP contribution in [0.5, 0.6) is 11.5 Å². The number of piperidine rings is 1. The van der Waals surface area contributed by atoms with Crippen LogP contribution in [0.1, 0.15) is 57.1 Å². The average molecular weight is 523 g/mol. The summed E-state index contributed by atoms with van der Waals surface area (Å²) in [5, 5.41) is 18.7. The maximum Gasteiger partial charge on any atom is 0.243 e. The zero-order chi connectivity index (χ0) is 27.1. The molecule has 2 aromatic carbocycles. The number of ether oxygens (including phenoxy) is 2. The van der Waals surface area contributed by atoms with E-state index < -0.39 is 0 Å². The second-order valence-corrected chi connectivity index (χ2v) is 10.1. The van der Waals surface area contributed by atoms with Gasteiger partial charge in [-0.25, -0.2) is 5.01 Å². The van der Waals surface area contributed by atoms with Crippen molar-refractivity contribution in [2.45, 2.75) is 64.7 Å². The first kappa shape index (κ1) is 27.6. The second kappa shape index (κ2) is 12.9. The third-order valence-electron chi connectivity index (χ3n) is 6.75. The van der Waals surface area contributed by atoms with E-state index in [0.29, 0.717) is 43.9 Å². The lowest BCUT2D eigenvalue weighted by Crippen LogP contribution is -2.37. The fraction of sp³-hybridized carbons (Fsp3) is 0.483. The quantitative estimate of drug-likeness (QED) is 0.492. The summed E-state index contributed by atoms with van der Waals surface area (Å²) in [5.41, 5.74) is 3.37. The van der Waals surface area contributed by atoms with E-state index in [2.05, 4.69) is 15.3 Å². The van der Waals surface area contributed by atoms with Gasteiger partial charge in [0.15, 0.2) is 11.5 Å². The molecule has 0 radical (unpaired) electrons. The van der Waals surface area contributed by atoms with Crippen LogP contribution in [-0.4, -0.2) is 71.5 Å². The summed E-state index contributed by atoms with van der Waals surface area (Å²) in [4.78, 5) is 27.2. The van der Waals surface area contributed by atoms with Gasteiger partial charge in [-0.2, -0.15) is 5.10 Å². The van der Waals surface area contributed by atoms with Crippen LogP contribution >= 0.6 is 0 Å². The van der Waals surface area contributed by atoms with Gasteiger partial charge in [-0.3, -0.25) is 9.59 Å². The molecule has 2 heterocycles. The predicted octanol–water partition coefficient (Wildman–Crippen LogP) is 3.79. The highest BCUT2D eigenvalue weighted by Crippen LogP contribution is 2.30. The summed E-state index contributed by atoms with van der Waals surface area (Å²) in [6.45, 7) is 6.62. The van der Waals surface area contributed by atoms with Crippen molar-refractivity contribution in [1.29, 1.82) is 0 Å². The number of carbonyl (C=O) groups excluding carboxylic acids is 2. The van der Waals surface area contributed by atoms with E-state index in [1.165, 1.54) is 5.01 Å². The molecule has 2 aliphatic heterocycles. The predicted molar refractivity (Wildman–Crippen MR) is 146 cm³/mol. The molecule has 1 fully saturated rings. The van der Waals surface area contributed by atoms with Gasteiger partial charge in [0.2, 0.25) is 11.8 Å². The molecular formula is C29H38N4O5. The standard InChI is InChI=1S/C29H38N4O5/c1-20(2)38-27-18-22(6-10-26(27)37-3)25-9-11-29(36)33(31-25)19-21-4-7-23(8-5-21)30-28(35)14-17-32-15-12-24(34)13-16-32/h4-8,10,18,20,24,34H,9,11-17,19H2,1-3H3,(H,30,35).